The van der Waals surface area contributed by atoms with Crippen LogP contribution in [-0.2, 0) is 4.74 Å². The minimum atomic E-state index is -0.449. The molecule has 0 bridgehead atoms. The van der Waals surface area contributed by atoms with Crippen LogP contribution in [0.1, 0.15) is 28.6 Å². The highest BCUT2D eigenvalue weighted by Crippen LogP contribution is 2.38. The average Bonchev–Trinajstić information content (AvgIpc) is 2.63. The molecule has 1 aliphatic heterocycles. The normalized spacial score (nSPS) is 16.3. The van der Waals surface area contributed by atoms with Crippen LogP contribution in [0.3, 0.4) is 0 Å². The van der Waals surface area contributed by atoms with E-state index in [0.29, 0.717) is 17.0 Å². The minimum Gasteiger partial charge on any atom is -0.462 e. The molecule has 1 saturated heterocycles. The molecule has 0 spiro atoms. The van der Waals surface area contributed by atoms with Crippen molar-refractivity contribution in [3.63, 3.8) is 0 Å². The molecule has 0 radical (unpaired) electrons. The van der Waals surface area contributed by atoms with E-state index in [9.17, 15) is 10.1 Å². The van der Waals surface area contributed by atoms with Crippen molar-refractivity contribution in [2.24, 2.45) is 0 Å². The number of nitrogens with two attached hydrogens (primary N) is 1. The van der Waals surface area contributed by atoms with Crippen LogP contribution in [0.2, 0.25) is 0 Å². The Morgan fingerprint density at radius 2 is 2.19 bits per heavy atom. The standard InChI is InChI=1S/C14H20N4O2S/c1-3-20-14(19)12-11(16)10(9-15)13(21-12)18-6-4-5-17(2)7-8-18/h3-8,16H2,1-2H3. The van der Waals surface area contributed by atoms with Gasteiger partial charge in [0, 0.05) is 19.6 Å². The van der Waals surface area contributed by atoms with E-state index in [2.05, 4.69) is 22.9 Å². The summed E-state index contributed by atoms with van der Waals surface area (Å²) in [5.41, 5.74) is 6.61. The number of likely N-dealkylation sites (N-methyl/N-ethyl adjacent to an activating group) is 1. The summed E-state index contributed by atoms with van der Waals surface area (Å²) >= 11 is 1.26. The van der Waals surface area contributed by atoms with Crippen LogP contribution in [0.5, 0.6) is 0 Å². The highest BCUT2D eigenvalue weighted by molar-refractivity contribution is 7.18. The zero-order valence-electron chi connectivity index (χ0n) is 12.4. The van der Waals surface area contributed by atoms with Crippen molar-refractivity contribution < 1.29 is 9.53 Å². The van der Waals surface area contributed by atoms with Crippen LogP contribution in [-0.4, -0.2) is 50.7 Å². The lowest BCUT2D eigenvalue weighted by Gasteiger charge is -2.21. The molecular weight excluding hydrogens is 288 g/mol. The number of esters is 1. The lowest BCUT2D eigenvalue weighted by Crippen LogP contribution is -2.28. The number of nitrogen functional groups attached to an aromatic ring is 1. The summed E-state index contributed by atoms with van der Waals surface area (Å²) in [5.74, 6) is -0.449. The second-order valence-electron chi connectivity index (χ2n) is 5.00. The molecule has 2 rings (SSSR count). The number of hydrogen-bond acceptors (Lipinski definition) is 7. The summed E-state index contributed by atoms with van der Waals surface area (Å²) in [4.78, 5) is 16.7. The van der Waals surface area contributed by atoms with Crippen molar-refractivity contribution in [3.05, 3.63) is 10.4 Å². The van der Waals surface area contributed by atoms with Crippen LogP contribution in [0.15, 0.2) is 0 Å². The molecule has 1 aliphatic rings. The maximum atomic E-state index is 11.9. The highest BCUT2D eigenvalue weighted by atomic mass is 32.1. The van der Waals surface area contributed by atoms with E-state index < -0.39 is 5.97 Å². The first-order valence-electron chi connectivity index (χ1n) is 7.01. The zero-order valence-corrected chi connectivity index (χ0v) is 13.2. The molecule has 1 fully saturated rings. The van der Waals surface area contributed by atoms with Gasteiger partial charge >= 0.3 is 5.97 Å². The number of ether oxygens (including phenoxy) is 1. The van der Waals surface area contributed by atoms with E-state index in [-0.39, 0.29) is 5.69 Å². The number of anilines is 2. The maximum absolute atomic E-state index is 11.9. The van der Waals surface area contributed by atoms with Crippen LogP contribution < -0.4 is 10.6 Å². The largest absolute Gasteiger partial charge is 0.462 e. The highest BCUT2D eigenvalue weighted by Gasteiger charge is 2.26. The first-order valence-corrected chi connectivity index (χ1v) is 7.83. The number of nitriles is 1. The molecule has 2 heterocycles. The Bertz CT molecular complexity index is 564. The average molecular weight is 308 g/mol. The lowest BCUT2D eigenvalue weighted by molar-refractivity contribution is 0.0533. The van der Waals surface area contributed by atoms with Gasteiger partial charge < -0.3 is 20.3 Å². The first-order chi connectivity index (χ1) is 10.1. The van der Waals surface area contributed by atoms with Gasteiger partial charge in [0.05, 0.1) is 12.3 Å². The second kappa shape index (κ2) is 6.78. The summed E-state index contributed by atoms with van der Waals surface area (Å²) in [5, 5.41) is 10.2. The van der Waals surface area contributed by atoms with Crippen molar-refractivity contribution in [3.8, 4) is 6.07 Å². The SMILES string of the molecule is CCOC(=O)c1sc(N2CCCN(C)CC2)c(C#N)c1N. The van der Waals surface area contributed by atoms with E-state index >= 15 is 0 Å². The predicted octanol–water partition coefficient (Wildman–Crippen LogP) is 1.52. The molecule has 6 nitrogen and oxygen atoms in total. The molecule has 21 heavy (non-hydrogen) atoms. The molecule has 0 unspecified atom stereocenters. The number of rotatable bonds is 3. The van der Waals surface area contributed by atoms with E-state index in [4.69, 9.17) is 10.5 Å². The fourth-order valence-corrected chi connectivity index (χ4v) is 3.48. The zero-order chi connectivity index (χ0) is 15.4. The summed E-state index contributed by atoms with van der Waals surface area (Å²) in [6, 6.07) is 2.13. The fraction of sp³-hybridized carbons (Fsp3) is 0.571. The Labute approximate surface area is 128 Å². The third-order valence-electron chi connectivity index (χ3n) is 3.51. The molecular formula is C14H20N4O2S. The van der Waals surface area contributed by atoms with Crippen molar-refractivity contribution in [1.82, 2.24) is 4.90 Å². The van der Waals surface area contributed by atoms with Crippen LogP contribution in [0, 0.1) is 11.3 Å². The summed E-state index contributed by atoms with van der Waals surface area (Å²) in [6.45, 7) is 5.69. The topological polar surface area (TPSA) is 82.6 Å². The molecule has 2 N–H and O–H groups in total. The summed E-state index contributed by atoms with van der Waals surface area (Å²) < 4.78 is 5.01. The molecule has 0 aromatic carbocycles. The van der Waals surface area contributed by atoms with Gasteiger partial charge in [0.25, 0.3) is 0 Å². The number of hydrogen-bond donors (Lipinski definition) is 1. The van der Waals surface area contributed by atoms with Crippen LogP contribution in [0.4, 0.5) is 10.7 Å². The van der Waals surface area contributed by atoms with E-state index in [1.54, 1.807) is 6.92 Å². The van der Waals surface area contributed by atoms with E-state index in [1.807, 2.05) is 0 Å². The van der Waals surface area contributed by atoms with Crippen molar-refractivity contribution >= 4 is 28.0 Å². The molecule has 7 heteroatoms. The fourth-order valence-electron chi connectivity index (χ4n) is 2.36. The molecule has 0 amide bonds. The van der Waals surface area contributed by atoms with Crippen molar-refractivity contribution in [2.45, 2.75) is 13.3 Å². The number of carbonyl (C=O) groups excluding carboxylic acids is 1. The Kier molecular flexibility index (Phi) is 5.04. The lowest BCUT2D eigenvalue weighted by atomic mass is 10.2. The third-order valence-corrected chi connectivity index (χ3v) is 4.75. The minimum absolute atomic E-state index is 0.244. The van der Waals surface area contributed by atoms with E-state index in [1.165, 1.54) is 11.3 Å². The molecule has 0 atom stereocenters. The van der Waals surface area contributed by atoms with E-state index in [0.717, 1.165) is 37.6 Å². The van der Waals surface area contributed by atoms with Gasteiger partial charge in [-0.25, -0.2) is 4.79 Å². The van der Waals surface area contributed by atoms with Gasteiger partial charge in [0.1, 0.15) is 21.5 Å². The van der Waals surface area contributed by atoms with Crippen LogP contribution >= 0.6 is 11.3 Å². The smallest absolute Gasteiger partial charge is 0.350 e. The quantitative estimate of drug-likeness (QED) is 0.853. The molecule has 0 aliphatic carbocycles. The van der Waals surface area contributed by atoms with Gasteiger partial charge in [0.15, 0.2) is 0 Å². The Balaban J connectivity index is 2.33. The third kappa shape index (κ3) is 3.28. The Morgan fingerprint density at radius 1 is 1.43 bits per heavy atom. The number of thiophene rings is 1. The number of carbonyl (C=O) groups is 1. The molecule has 1 aromatic heterocycles. The Hall–Kier alpha value is -1.78. The van der Waals surface area contributed by atoms with Crippen molar-refractivity contribution in [1.29, 1.82) is 5.26 Å². The van der Waals surface area contributed by atoms with Gasteiger partial charge in [-0.15, -0.1) is 11.3 Å². The number of nitrogens with zero attached hydrogens (tertiary/aromatic N) is 3. The molecule has 0 saturated carbocycles. The van der Waals surface area contributed by atoms with Gasteiger partial charge in [-0.2, -0.15) is 5.26 Å². The van der Waals surface area contributed by atoms with Gasteiger partial charge in [-0.1, -0.05) is 0 Å². The van der Waals surface area contributed by atoms with Crippen molar-refractivity contribution in [2.75, 3.05) is 50.5 Å². The molecule has 114 valence electrons. The predicted molar refractivity (Wildman–Crippen MR) is 83.7 cm³/mol. The van der Waals surface area contributed by atoms with Crippen LogP contribution in [0.25, 0.3) is 0 Å². The second-order valence-corrected chi connectivity index (χ2v) is 6.00. The summed E-state index contributed by atoms with van der Waals surface area (Å²) in [6.07, 6.45) is 1.02. The van der Waals surface area contributed by atoms with Gasteiger partial charge in [0.2, 0.25) is 0 Å². The summed E-state index contributed by atoms with van der Waals surface area (Å²) in [7, 11) is 2.08. The monoisotopic (exact) mass is 308 g/mol. The first kappa shape index (κ1) is 15.6. The van der Waals surface area contributed by atoms with Gasteiger partial charge in [-0.3, -0.25) is 0 Å². The molecule has 1 aromatic rings. The van der Waals surface area contributed by atoms with Gasteiger partial charge in [-0.05, 0) is 26.9 Å². The maximum Gasteiger partial charge on any atom is 0.350 e. The Morgan fingerprint density at radius 3 is 2.86 bits per heavy atom.